The van der Waals surface area contributed by atoms with E-state index in [2.05, 4.69) is 0 Å². The summed E-state index contributed by atoms with van der Waals surface area (Å²) < 4.78 is 10.7. The molecule has 2 aromatic carbocycles. The number of ether oxygens (including phenoxy) is 2. The van der Waals surface area contributed by atoms with E-state index >= 15 is 0 Å². The summed E-state index contributed by atoms with van der Waals surface area (Å²) in [5.41, 5.74) is 2.75. The molecule has 204 valence electrons. The van der Waals surface area contributed by atoms with Gasteiger partial charge in [-0.1, -0.05) is 43.2 Å². The highest BCUT2D eigenvalue weighted by Crippen LogP contribution is 2.39. The van der Waals surface area contributed by atoms with Gasteiger partial charge in [0, 0.05) is 5.56 Å². The molecule has 1 fully saturated rings. The standard InChI is InChI=1S/C31H33NO7/c1-18(2)15-26(32-28(34)24-14-7-20(4)16-25(24)29(32)35)31(37)38-17-27(33)21-10-12-23(13-11-21)39-30(36)22-8-5-19(3)6-9-22/h5-13,18,24-26H,14-17H2,1-4H3. The summed E-state index contributed by atoms with van der Waals surface area (Å²) in [5, 5.41) is 0. The predicted octanol–water partition coefficient (Wildman–Crippen LogP) is 4.70. The number of hydrogen-bond donors (Lipinski definition) is 0. The maximum atomic E-state index is 13.2. The number of esters is 2. The molecule has 2 amide bonds. The van der Waals surface area contributed by atoms with Crippen LogP contribution in [0.1, 0.15) is 66.3 Å². The Hall–Kier alpha value is -4.07. The molecule has 8 heteroatoms. The van der Waals surface area contributed by atoms with E-state index in [0.717, 1.165) is 16.0 Å². The van der Waals surface area contributed by atoms with Crippen LogP contribution in [0.4, 0.5) is 0 Å². The molecule has 0 spiro atoms. The second-order valence-corrected chi connectivity index (χ2v) is 10.7. The van der Waals surface area contributed by atoms with Gasteiger partial charge in [-0.05, 0) is 75.4 Å². The molecule has 1 heterocycles. The highest BCUT2D eigenvalue weighted by atomic mass is 16.5. The molecule has 1 saturated heterocycles. The van der Waals surface area contributed by atoms with Gasteiger partial charge < -0.3 is 9.47 Å². The Kier molecular flexibility index (Phi) is 8.43. The molecule has 0 aromatic heterocycles. The Morgan fingerprint density at radius 3 is 2.15 bits per heavy atom. The monoisotopic (exact) mass is 531 g/mol. The van der Waals surface area contributed by atoms with E-state index in [-0.39, 0.29) is 35.5 Å². The average Bonchev–Trinajstić information content (AvgIpc) is 3.15. The first-order chi connectivity index (χ1) is 18.5. The number of carbonyl (C=O) groups excluding carboxylic acids is 5. The molecule has 1 aliphatic carbocycles. The van der Waals surface area contributed by atoms with Gasteiger partial charge in [-0.3, -0.25) is 19.3 Å². The second-order valence-electron chi connectivity index (χ2n) is 10.7. The van der Waals surface area contributed by atoms with E-state index in [1.807, 2.05) is 45.9 Å². The first-order valence-corrected chi connectivity index (χ1v) is 13.2. The first-order valence-electron chi connectivity index (χ1n) is 13.2. The van der Waals surface area contributed by atoms with E-state index in [9.17, 15) is 24.0 Å². The normalized spacial score (nSPS) is 19.4. The number of imide groups is 1. The third-order valence-electron chi connectivity index (χ3n) is 7.16. The van der Waals surface area contributed by atoms with Crippen molar-refractivity contribution < 1.29 is 33.4 Å². The van der Waals surface area contributed by atoms with Crippen LogP contribution in [-0.4, -0.2) is 47.1 Å². The van der Waals surface area contributed by atoms with Crippen LogP contribution in [0.15, 0.2) is 60.2 Å². The lowest BCUT2D eigenvalue weighted by Gasteiger charge is -2.26. The zero-order valence-electron chi connectivity index (χ0n) is 22.6. The number of aryl methyl sites for hydroxylation is 1. The number of ketones is 1. The van der Waals surface area contributed by atoms with Gasteiger partial charge in [-0.2, -0.15) is 0 Å². The maximum absolute atomic E-state index is 13.2. The molecule has 3 atom stereocenters. The minimum Gasteiger partial charge on any atom is -0.456 e. The van der Waals surface area contributed by atoms with Gasteiger partial charge in [0.1, 0.15) is 11.8 Å². The van der Waals surface area contributed by atoms with E-state index in [1.54, 1.807) is 12.1 Å². The van der Waals surface area contributed by atoms with E-state index in [1.165, 1.54) is 24.3 Å². The van der Waals surface area contributed by atoms with Crippen LogP contribution in [-0.2, 0) is 19.1 Å². The molecule has 0 bridgehead atoms. The van der Waals surface area contributed by atoms with Crippen molar-refractivity contribution in [1.82, 2.24) is 4.90 Å². The summed E-state index contributed by atoms with van der Waals surface area (Å²) in [6.07, 6.45) is 3.20. The summed E-state index contributed by atoms with van der Waals surface area (Å²) in [5.74, 6) is -3.08. The summed E-state index contributed by atoms with van der Waals surface area (Å²) in [4.78, 5) is 65.5. The lowest BCUT2D eigenvalue weighted by atomic mass is 9.82. The fourth-order valence-corrected chi connectivity index (χ4v) is 5.00. The van der Waals surface area contributed by atoms with Crippen molar-refractivity contribution in [3.63, 3.8) is 0 Å². The lowest BCUT2D eigenvalue weighted by Crippen LogP contribution is -2.47. The Labute approximate surface area is 228 Å². The lowest BCUT2D eigenvalue weighted by molar-refractivity contribution is -0.158. The van der Waals surface area contributed by atoms with E-state index in [0.29, 0.717) is 18.4 Å². The quantitative estimate of drug-likeness (QED) is 0.152. The molecule has 8 nitrogen and oxygen atoms in total. The number of amides is 2. The van der Waals surface area contributed by atoms with Gasteiger partial charge in [-0.25, -0.2) is 9.59 Å². The summed E-state index contributed by atoms with van der Waals surface area (Å²) in [6.45, 7) is 7.09. The number of nitrogens with zero attached hydrogens (tertiary/aromatic N) is 1. The van der Waals surface area contributed by atoms with Gasteiger partial charge in [0.25, 0.3) is 0 Å². The number of likely N-dealkylation sites (tertiary alicyclic amines) is 1. The molecule has 0 radical (unpaired) electrons. The third kappa shape index (κ3) is 6.33. The molecule has 0 saturated carbocycles. The fraction of sp³-hybridized carbons (Fsp3) is 0.387. The number of Topliss-reactive ketones (excluding diaryl/α,β-unsaturated/α-hetero) is 1. The second kappa shape index (κ2) is 11.8. The maximum Gasteiger partial charge on any atom is 0.343 e. The summed E-state index contributed by atoms with van der Waals surface area (Å²) in [6, 6.07) is 11.8. The third-order valence-corrected chi connectivity index (χ3v) is 7.16. The molecule has 4 rings (SSSR count). The largest absolute Gasteiger partial charge is 0.456 e. The number of allylic oxidation sites excluding steroid dienone is 2. The highest BCUT2D eigenvalue weighted by Gasteiger charge is 2.52. The minimum atomic E-state index is -1.08. The van der Waals surface area contributed by atoms with Crippen LogP contribution < -0.4 is 4.74 Å². The molecule has 2 aliphatic rings. The Morgan fingerprint density at radius 2 is 1.51 bits per heavy atom. The van der Waals surface area contributed by atoms with Crippen molar-refractivity contribution in [2.24, 2.45) is 17.8 Å². The van der Waals surface area contributed by atoms with Gasteiger partial charge in [0.2, 0.25) is 11.8 Å². The van der Waals surface area contributed by atoms with Gasteiger partial charge in [-0.15, -0.1) is 0 Å². The Morgan fingerprint density at radius 1 is 0.897 bits per heavy atom. The first kappa shape index (κ1) is 28.0. The summed E-state index contributed by atoms with van der Waals surface area (Å²) in [7, 11) is 0. The minimum absolute atomic E-state index is 0.0107. The molecule has 3 unspecified atom stereocenters. The average molecular weight is 532 g/mol. The number of fused-ring (bicyclic) bond motifs is 1. The number of hydrogen-bond acceptors (Lipinski definition) is 7. The molecule has 0 N–H and O–H groups in total. The van der Waals surface area contributed by atoms with Crippen LogP contribution in [0.3, 0.4) is 0 Å². The molecular weight excluding hydrogens is 498 g/mol. The van der Waals surface area contributed by atoms with Gasteiger partial charge >= 0.3 is 11.9 Å². The van der Waals surface area contributed by atoms with Crippen molar-refractivity contribution in [3.8, 4) is 5.75 Å². The van der Waals surface area contributed by atoms with Crippen LogP contribution in [0.5, 0.6) is 5.75 Å². The van der Waals surface area contributed by atoms with E-state index < -0.39 is 42.2 Å². The van der Waals surface area contributed by atoms with Crippen molar-refractivity contribution in [1.29, 1.82) is 0 Å². The van der Waals surface area contributed by atoms with E-state index in [4.69, 9.17) is 9.47 Å². The van der Waals surface area contributed by atoms with Crippen LogP contribution >= 0.6 is 0 Å². The molecular formula is C31H33NO7. The van der Waals surface area contributed by atoms with Crippen LogP contribution in [0.2, 0.25) is 0 Å². The van der Waals surface area contributed by atoms with Crippen molar-refractivity contribution in [3.05, 3.63) is 76.9 Å². The highest BCUT2D eigenvalue weighted by molar-refractivity contribution is 6.08. The van der Waals surface area contributed by atoms with Crippen molar-refractivity contribution in [2.75, 3.05) is 6.61 Å². The molecule has 39 heavy (non-hydrogen) atoms. The SMILES string of the molecule is CC1=CCC2C(=O)N(C(CC(C)C)C(=O)OCC(=O)c3ccc(OC(=O)c4ccc(C)cc4)cc3)C(=O)C2C1. The Bertz CT molecular complexity index is 1310. The Balaban J connectivity index is 1.37. The molecule has 2 aromatic rings. The van der Waals surface area contributed by atoms with Crippen LogP contribution in [0.25, 0.3) is 0 Å². The van der Waals surface area contributed by atoms with Crippen molar-refractivity contribution >= 4 is 29.5 Å². The summed E-state index contributed by atoms with van der Waals surface area (Å²) >= 11 is 0. The van der Waals surface area contributed by atoms with Gasteiger partial charge in [0.15, 0.2) is 12.4 Å². The number of benzene rings is 2. The predicted molar refractivity (Wildman–Crippen MR) is 143 cm³/mol. The smallest absolute Gasteiger partial charge is 0.343 e. The zero-order valence-corrected chi connectivity index (χ0v) is 22.6. The van der Waals surface area contributed by atoms with Gasteiger partial charge in [0.05, 0.1) is 17.4 Å². The zero-order chi connectivity index (χ0) is 28.3. The topological polar surface area (TPSA) is 107 Å². The number of carbonyl (C=O) groups is 5. The fourth-order valence-electron chi connectivity index (χ4n) is 5.00. The number of rotatable bonds is 9. The molecule has 1 aliphatic heterocycles. The van der Waals surface area contributed by atoms with Crippen LogP contribution in [0, 0.1) is 24.7 Å². The van der Waals surface area contributed by atoms with Crippen molar-refractivity contribution in [2.45, 2.75) is 53.0 Å².